The topological polar surface area (TPSA) is 71.8 Å². The Hall–Kier alpha value is -3.84. The normalized spacial score (nSPS) is 11.8. The highest BCUT2D eigenvalue weighted by Gasteiger charge is 2.19. The Kier molecular flexibility index (Phi) is 6.90. The van der Waals surface area contributed by atoms with Gasteiger partial charge in [0.15, 0.2) is 0 Å². The molecule has 6 nitrogen and oxygen atoms in total. The predicted octanol–water partition coefficient (Wildman–Crippen LogP) is 3.89. The Labute approximate surface area is 192 Å². The van der Waals surface area contributed by atoms with Crippen molar-refractivity contribution in [1.29, 1.82) is 0 Å². The fourth-order valence-corrected chi connectivity index (χ4v) is 3.74. The van der Waals surface area contributed by atoms with Gasteiger partial charge in [0.2, 0.25) is 5.95 Å². The number of benzene rings is 2. The van der Waals surface area contributed by atoms with Gasteiger partial charge >= 0.3 is 0 Å². The summed E-state index contributed by atoms with van der Waals surface area (Å²) in [6.07, 6.45) is 4.16. The zero-order valence-corrected chi connectivity index (χ0v) is 18.6. The Balaban J connectivity index is 1.70. The predicted molar refractivity (Wildman–Crippen MR) is 130 cm³/mol. The summed E-state index contributed by atoms with van der Waals surface area (Å²) in [7, 11) is 3.61. The van der Waals surface area contributed by atoms with Crippen LogP contribution in [0.25, 0.3) is 22.4 Å². The van der Waals surface area contributed by atoms with E-state index < -0.39 is 0 Å². The lowest BCUT2D eigenvalue weighted by Gasteiger charge is -2.20. The Morgan fingerprint density at radius 1 is 0.970 bits per heavy atom. The second-order valence-electron chi connectivity index (χ2n) is 7.82. The standard InChI is InChI=1S/C26H26FN5O/c1-28-22(16-18-6-4-3-5-7-18)17-30-26-31-24(20-12-14-29-15-13-20)23(25(33)32(26)2)19-8-10-21(27)11-9-19/h3-15,22,28H,16-17H2,1-2H3,(H,30,31)/t22-/m0/s1. The van der Waals surface area contributed by atoms with Gasteiger partial charge in [-0.25, -0.2) is 9.37 Å². The zero-order valence-electron chi connectivity index (χ0n) is 18.6. The van der Waals surface area contributed by atoms with Gasteiger partial charge in [-0.05, 0) is 48.9 Å². The number of halogens is 1. The molecule has 2 aromatic heterocycles. The minimum atomic E-state index is -0.358. The van der Waals surface area contributed by atoms with Crippen LogP contribution >= 0.6 is 0 Å². The fourth-order valence-electron chi connectivity index (χ4n) is 3.74. The SMILES string of the molecule is CN[C@H](CNc1nc(-c2ccncc2)c(-c2ccc(F)cc2)c(=O)n1C)Cc1ccccc1. The molecule has 2 N–H and O–H groups in total. The van der Waals surface area contributed by atoms with Crippen LogP contribution in [0.15, 0.2) is 83.9 Å². The lowest BCUT2D eigenvalue weighted by atomic mass is 10.0. The van der Waals surface area contributed by atoms with Gasteiger partial charge in [0, 0.05) is 37.6 Å². The first-order valence-corrected chi connectivity index (χ1v) is 10.8. The van der Waals surface area contributed by atoms with E-state index in [2.05, 4.69) is 27.8 Å². The number of rotatable bonds is 8. The van der Waals surface area contributed by atoms with E-state index in [0.717, 1.165) is 12.0 Å². The second-order valence-corrected chi connectivity index (χ2v) is 7.82. The molecule has 2 aromatic carbocycles. The van der Waals surface area contributed by atoms with Crippen molar-refractivity contribution < 1.29 is 4.39 Å². The van der Waals surface area contributed by atoms with Crippen molar-refractivity contribution in [3.8, 4) is 22.4 Å². The van der Waals surface area contributed by atoms with Crippen molar-refractivity contribution >= 4 is 5.95 Å². The van der Waals surface area contributed by atoms with E-state index in [0.29, 0.717) is 29.3 Å². The molecular formula is C26H26FN5O. The molecule has 168 valence electrons. The number of nitrogens with zero attached hydrogens (tertiary/aromatic N) is 3. The quantitative estimate of drug-likeness (QED) is 0.432. The van der Waals surface area contributed by atoms with Crippen LogP contribution in [0.4, 0.5) is 10.3 Å². The summed E-state index contributed by atoms with van der Waals surface area (Å²) >= 11 is 0. The van der Waals surface area contributed by atoms with Crippen LogP contribution < -0.4 is 16.2 Å². The van der Waals surface area contributed by atoms with Crippen LogP contribution in [0.3, 0.4) is 0 Å². The van der Waals surface area contributed by atoms with Crippen LogP contribution in [0, 0.1) is 5.82 Å². The van der Waals surface area contributed by atoms with Crippen molar-refractivity contribution in [2.24, 2.45) is 7.05 Å². The third-order valence-electron chi connectivity index (χ3n) is 5.62. The Morgan fingerprint density at radius 2 is 1.67 bits per heavy atom. The minimum Gasteiger partial charge on any atom is -0.354 e. The molecule has 0 spiro atoms. The van der Waals surface area contributed by atoms with Crippen molar-refractivity contribution in [2.45, 2.75) is 12.5 Å². The lowest BCUT2D eigenvalue weighted by Crippen LogP contribution is -2.36. The molecule has 0 amide bonds. The third-order valence-corrected chi connectivity index (χ3v) is 5.62. The fraction of sp³-hybridized carbons (Fsp3) is 0.192. The molecule has 0 saturated carbocycles. The highest BCUT2D eigenvalue weighted by molar-refractivity contribution is 5.80. The largest absolute Gasteiger partial charge is 0.354 e. The monoisotopic (exact) mass is 443 g/mol. The molecule has 0 aliphatic carbocycles. The van der Waals surface area contributed by atoms with Gasteiger partial charge in [-0.3, -0.25) is 14.3 Å². The minimum absolute atomic E-state index is 0.144. The summed E-state index contributed by atoms with van der Waals surface area (Å²) in [6.45, 7) is 0.581. The molecule has 1 atom stereocenters. The number of hydrogen-bond donors (Lipinski definition) is 2. The number of likely N-dealkylation sites (N-methyl/N-ethyl adjacent to an activating group) is 1. The van der Waals surface area contributed by atoms with E-state index >= 15 is 0 Å². The summed E-state index contributed by atoms with van der Waals surface area (Å²) < 4.78 is 15.0. The summed E-state index contributed by atoms with van der Waals surface area (Å²) in [5.41, 5.74) is 3.33. The number of hydrogen-bond acceptors (Lipinski definition) is 5. The summed E-state index contributed by atoms with van der Waals surface area (Å²) in [5, 5.41) is 6.66. The van der Waals surface area contributed by atoms with E-state index in [1.54, 1.807) is 31.6 Å². The van der Waals surface area contributed by atoms with Gasteiger partial charge in [0.05, 0.1) is 11.3 Å². The van der Waals surface area contributed by atoms with E-state index in [9.17, 15) is 9.18 Å². The van der Waals surface area contributed by atoms with Gasteiger partial charge in [0.1, 0.15) is 5.82 Å². The number of anilines is 1. The van der Waals surface area contributed by atoms with Crippen molar-refractivity contribution in [3.05, 3.63) is 101 Å². The Bertz CT molecular complexity index is 1260. The maximum atomic E-state index is 13.5. The molecule has 4 aromatic rings. The third kappa shape index (κ3) is 5.15. The van der Waals surface area contributed by atoms with Crippen LogP contribution in [-0.4, -0.2) is 34.2 Å². The van der Waals surface area contributed by atoms with Crippen molar-refractivity contribution in [3.63, 3.8) is 0 Å². The molecule has 0 unspecified atom stereocenters. The first-order chi connectivity index (χ1) is 16.1. The summed E-state index contributed by atoms with van der Waals surface area (Å²) in [4.78, 5) is 22.3. The molecule has 0 aliphatic rings. The number of nitrogens with one attached hydrogen (secondary N) is 2. The van der Waals surface area contributed by atoms with Gasteiger partial charge in [0.25, 0.3) is 5.56 Å². The van der Waals surface area contributed by atoms with Crippen LogP contribution in [0.2, 0.25) is 0 Å². The molecule has 0 aliphatic heterocycles. The van der Waals surface area contributed by atoms with Crippen LogP contribution in [0.1, 0.15) is 5.56 Å². The van der Waals surface area contributed by atoms with E-state index in [1.165, 1.54) is 22.3 Å². The first kappa shape index (κ1) is 22.4. The summed E-state index contributed by atoms with van der Waals surface area (Å²) in [6, 6.07) is 19.9. The molecular weight excluding hydrogens is 417 g/mol. The van der Waals surface area contributed by atoms with Gasteiger partial charge < -0.3 is 10.6 Å². The van der Waals surface area contributed by atoms with Gasteiger partial charge in [-0.1, -0.05) is 42.5 Å². The Morgan fingerprint density at radius 3 is 2.33 bits per heavy atom. The number of pyridine rings is 1. The average Bonchev–Trinajstić information content (AvgIpc) is 2.86. The zero-order chi connectivity index (χ0) is 23.2. The molecule has 0 fully saturated rings. The van der Waals surface area contributed by atoms with E-state index in [4.69, 9.17) is 4.98 Å². The lowest BCUT2D eigenvalue weighted by molar-refractivity contribution is 0.579. The smallest absolute Gasteiger partial charge is 0.263 e. The van der Waals surface area contributed by atoms with Crippen molar-refractivity contribution in [1.82, 2.24) is 19.9 Å². The highest BCUT2D eigenvalue weighted by atomic mass is 19.1. The van der Waals surface area contributed by atoms with E-state index in [1.807, 2.05) is 37.4 Å². The van der Waals surface area contributed by atoms with E-state index in [-0.39, 0.29) is 17.4 Å². The maximum Gasteiger partial charge on any atom is 0.263 e. The van der Waals surface area contributed by atoms with Gasteiger partial charge in [-0.15, -0.1) is 0 Å². The molecule has 0 radical (unpaired) electrons. The summed E-state index contributed by atoms with van der Waals surface area (Å²) in [5.74, 6) is 0.106. The molecule has 33 heavy (non-hydrogen) atoms. The molecule has 0 bridgehead atoms. The first-order valence-electron chi connectivity index (χ1n) is 10.8. The highest BCUT2D eigenvalue weighted by Crippen LogP contribution is 2.28. The maximum absolute atomic E-state index is 13.5. The van der Waals surface area contributed by atoms with Crippen LogP contribution in [-0.2, 0) is 13.5 Å². The van der Waals surface area contributed by atoms with Crippen molar-refractivity contribution in [2.75, 3.05) is 18.9 Å². The molecule has 0 saturated heterocycles. The second kappa shape index (κ2) is 10.2. The van der Waals surface area contributed by atoms with Crippen LogP contribution in [0.5, 0.6) is 0 Å². The molecule has 4 rings (SSSR count). The molecule has 2 heterocycles. The van der Waals surface area contributed by atoms with Gasteiger partial charge in [-0.2, -0.15) is 0 Å². The molecule has 7 heteroatoms. The average molecular weight is 444 g/mol. The number of aromatic nitrogens is 3.